The van der Waals surface area contributed by atoms with E-state index in [1.807, 2.05) is 0 Å². The Hall–Kier alpha value is -1.44. The zero-order valence-corrected chi connectivity index (χ0v) is 13.4. The minimum Gasteiger partial charge on any atom is -0.388 e. The summed E-state index contributed by atoms with van der Waals surface area (Å²) >= 11 is 6.04. The molecule has 0 radical (unpaired) electrons. The van der Waals surface area contributed by atoms with Gasteiger partial charge in [-0.1, -0.05) is 18.0 Å². The van der Waals surface area contributed by atoms with Crippen LogP contribution in [0, 0.1) is 5.82 Å². The second kappa shape index (κ2) is 6.98. The Bertz CT molecular complexity index is 627. The first-order chi connectivity index (χ1) is 11.1. The molecule has 2 heterocycles. The molecule has 3 rings (SSSR count). The summed E-state index contributed by atoms with van der Waals surface area (Å²) in [7, 11) is 0. The number of aromatic nitrogens is 1. The number of halogens is 2. The van der Waals surface area contributed by atoms with Gasteiger partial charge in [-0.2, -0.15) is 0 Å². The van der Waals surface area contributed by atoms with E-state index in [1.165, 1.54) is 6.21 Å². The topological polar surface area (TPSA) is 96.0 Å². The Morgan fingerprint density at radius 3 is 2.87 bits per heavy atom. The van der Waals surface area contributed by atoms with Crippen molar-refractivity contribution in [2.24, 2.45) is 15.7 Å². The standard InChI is InChI=1S/C15H20ClFN4O2/c16-12-13(17)10(20-14(12)8-2-1-3-8)6-19-15(18)21-9-4-5-23-7-11(9)22/h6,8-9,11,20,22H,1-5,7H2,(H2,18,21)/t9-,11-/m1/s1. The Kier molecular flexibility index (Phi) is 4.99. The largest absolute Gasteiger partial charge is 0.388 e. The highest BCUT2D eigenvalue weighted by Gasteiger charge is 2.27. The summed E-state index contributed by atoms with van der Waals surface area (Å²) in [5, 5.41) is 9.89. The maximum absolute atomic E-state index is 14.1. The number of ether oxygens (including phenoxy) is 1. The van der Waals surface area contributed by atoms with E-state index in [0.717, 1.165) is 25.0 Å². The highest BCUT2D eigenvalue weighted by Crippen LogP contribution is 2.40. The van der Waals surface area contributed by atoms with Crippen LogP contribution >= 0.6 is 11.6 Å². The highest BCUT2D eigenvalue weighted by molar-refractivity contribution is 6.31. The molecule has 1 aliphatic heterocycles. The van der Waals surface area contributed by atoms with E-state index in [4.69, 9.17) is 22.1 Å². The van der Waals surface area contributed by atoms with Gasteiger partial charge >= 0.3 is 0 Å². The molecular weight excluding hydrogens is 323 g/mol. The lowest BCUT2D eigenvalue weighted by atomic mass is 9.83. The van der Waals surface area contributed by atoms with Crippen LogP contribution in [0.15, 0.2) is 9.98 Å². The van der Waals surface area contributed by atoms with Gasteiger partial charge in [-0.3, -0.25) is 0 Å². The van der Waals surface area contributed by atoms with Crippen LogP contribution in [0.25, 0.3) is 0 Å². The molecule has 6 nitrogen and oxygen atoms in total. The van der Waals surface area contributed by atoms with Crippen molar-refractivity contribution in [3.8, 4) is 0 Å². The fourth-order valence-electron chi connectivity index (χ4n) is 2.75. The van der Waals surface area contributed by atoms with Gasteiger partial charge in [-0.25, -0.2) is 14.4 Å². The normalized spacial score (nSPS) is 26.7. The van der Waals surface area contributed by atoms with Crippen LogP contribution in [-0.4, -0.2) is 47.6 Å². The van der Waals surface area contributed by atoms with Gasteiger partial charge in [0, 0.05) is 18.2 Å². The van der Waals surface area contributed by atoms with Crippen molar-refractivity contribution in [1.29, 1.82) is 0 Å². The molecule has 1 aromatic rings. The first-order valence-corrected chi connectivity index (χ1v) is 8.14. The number of rotatable bonds is 3. The summed E-state index contributed by atoms with van der Waals surface area (Å²) in [6.07, 6.45) is 4.33. The summed E-state index contributed by atoms with van der Waals surface area (Å²) in [5.41, 5.74) is 6.66. The van der Waals surface area contributed by atoms with Crippen LogP contribution < -0.4 is 5.73 Å². The van der Waals surface area contributed by atoms with Crippen molar-refractivity contribution in [1.82, 2.24) is 4.98 Å². The van der Waals surface area contributed by atoms with Crippen LogP contribution in [0.1, 0.15) is 43.0 Å². The summed E-state index contributed by atoms with van der Waals surface area (Å²) < 4.78 is 19.2. The fraction of sp³-hybridized carbons (Fsp3) is 0.600. The lowest BCUT2D eigenvalue weighted by Crippen LogP contribution is -2.36. The van der Waals surface area contributed by atoms with E-state index in [9.17, 15) is 9.50 Å². The van der Waals surface area contributed by atoms with E-state index >= 15 is 0 Å². The van der Waals surface area contributed by atoms with Gasteiger partial charge < -0.3 is 20.6 Å². The number of H-pyrrole nitrogens is 1. The van der Waals surface area contributed by atoms with Crippen molar-refractivity contribution in [3.63, 3.8) is 0 Å². The van der Waals surface area contributed by atoms with Crippen molar-refractivity contribution in [3.05, 3.63) is 22.2 Å². The Balaban J connectivity index is 1.71. The number of guanidine groups is 1. The smallest absolute Gasteiger partial charge is 0.215 e. The van der Waals surface area contributed by atoms with Gasteiger partial charge in [0.25, 0.3) is 0 Å². The van der Waals surface area contributed by atoms with Crippen molar-refractivity contribution in [2.75, 3.05) is 13.2 Å². The number of aliphatic hydroxyl groups is 1. The number of hydrogen-bond acceptors (Lipinski definition) is 3. The number of hydrogen-bond donors (Lipinski definition) is 3. The summed E-state index contributed by atoms with van der Waals surface area (Å²) in [6, 6.07) is -0.344. The number of aromatic amines is 1. The molecule has 126 valence electrons. The van der Waals surface area contributed by atoms with Crippen molar-refractivity contribution < 1.29 is 14.2 Å². The highest BCUT2D eigenvalue weighted by atomic mass is 35.5. The molecule has 0 aromatic carbocycles. The third-order valence-electron chi connectivity index (χ3n) is 4.36. The number of aliphatic imine (C=N–C) groups is 2. The average Bonchev–Trinajstić information content (AvgIpc) is 2.74. The fourth-order valence-corrected chi connectivity index (χ4v) is 3.06. The van der Waals surface area contributed by atoms with Gasteiger partial charge in [0.05, 0.1) is 35.7 Å². The molecule has 2 fully saturated rings. The molecule has 2 aliphatic rings. The molecule has 4 N–H and O–H groups in total. The van der Waals surface area contributed by atoms with Crippen LogP contribution in [-0.2, 0) is 4.74 Å². The zero-order valence-electron chi connectivity index (χ0n) is 12.6. The summed E-state index contributed by atoms with van der Waals surface area (Å²) in [6.45, 7) is 0.755. The Morgan fingerprint density at radius 1 is 1.43 bits per heavy atom. The van der Waals surface area contributed by atoms with E-state index in [2.05, 4.69) is 15.0 Å². The third kappa shape index (κ3) is 3.57. The lowest BCUT2D eigenvalue weighted by Gasteiger charge is -2.24. The van der Waals surface area contributed by atoms with Crippen LogP contribution in [0.3, 0.4) is 0 Å². The zero-order chi connectivity index (χ0) is 16.4. The van der Waals surface area contributed by atoms with Crippen LogP contribution in [0.2, 0.25) is 5.02 Å². The second-order valence-electron chi connectivity index (χ2n) is 5.95. The van der Waals surface area contributed by atoms with E-state index in [0.29, 0.717) is 18.9 Å². The van der Waals surface area contributed by atoms with Crippen LogP contribution in [0.5, 0.6) is 0 Å². The minimum absolute atomic E-state index is 0.00809. The quantitative estimate of drug-likeness (QED) is 0.578. The van der Waals surface area contributed by atoms with Crippen molar-refractivity contribution >= 4 is 23.8 Å². The predicted molar refractivity (Wildman–Crippen MR) is 86.8 cm³/mol. The first-order valence-electron chi connectivity index (χ1n) is 7.76. The third-order valence-corrected chi connectivity index (χ3v) is 4.73. The Labute approximate surface area is 138 Å². The molecule has 0 spiro atoms. The maximum atomic E-state index is 14.1. The molecule has 2 atom stereocenters. The molecule has 0 unspecified atom stereocenters. The number of nitrogens with zero attached hydrogens (tertiary/aromatic N) is 2. The maximum Gasteiger partial charge on any atom is 0.215 e. The lowest BCUT2D eigenvalue weighted by molar-refractivity contribution is -0.0176. The van der Waals surface area contributed by atoms with E-state index < -0.39 is 11.9 Å². The molecule has 0 amide bonds. The SMILES string of the molecule is NC(N=Cc1[nH]c(C2CCC2)c(Cl)c1F)=N[C@@H]1CCOC[C@H]1O. The number of aliphatic hydroxyl groups excluding tert-OH is 1. The minimum atomic E-state index is -0.695. The monoisotopic (exact) mass is 342 g/mol. The summed E-state index contributed by atoms with van der Waals surface area (Å²) in [4.78, 5) is 11.1. The van der Waals surface area contributed by atoms with E-state index in [-0.39, 0.29) is 29.3 Å². The molecule has 1 saturated carbocycles. The van der Waals surface area contributed by atoms with Gasteiger partial charge in [0.2, 0.25) is 5.96 Å². The Morgan fingerprint density at radius 2 is 2.22 bits per heavy atom. The molecule has 1 aromatic heterocycles. The molecule has 23 heavy (non-hydrogen) atoms. The first kappa shape index (κ1) is 16.4. The van der Waals surface area contributed by atoms with Gasteiger partial charge in [-0.05, 0) is 19.3 Å². The molecular formula is C15H20ClFN4O2. The van der Waals surface area contributed by atoms with Crippen LogP contribution in [0.4, 0.5) is 4.39 Å². The number of nitrogens with one attached hydrogen (secondary N) is 1. The molecule has 1 saturated heterocycles. The van der Waals surface area contributed by atoms with Gasteiger partial charge in [0.1, 0.15) is 0 Å². The molecule has 8 heteroatoms. The van der Waals surface area contributed by atoms with Crippen molar-refractivity contribution in [2.45, 2.75) is 43.7 Å². The predicted octanol–water partition coefficient (Wildman–Crippen LogP) is 1.96. The molecule has 1 aliphatic carbocycles. The van der Waals surface area contributed by atoms with E-state index in [1.54, 1.807) is 0 Å². The van der Waals surface area contributed by atoms with Gasteiger partial charge in [0.15, 0.2) is 5.82 Å². The number of nitrogens with two attached hydrogens (primary N) is 1. The molecule has 0 bridgehead atoms. The summed E-state index contributed by atoms with van der Waals surface area (Å²) in [5.74, 6) is -0.231. The average molecular weight is 343 g/mol. The second-order valence-corrected chi connectivity index (χ2v) is 6.33. The van der Waals surface area contributed by atoms with Gasteiger partial charge in [-0.15, -0.1) is 0 Å².